The van der Waals surface area contributed by atoms with Gasteiger partial charge >= 0.3 is 5.97 Å². The summed E-state index contributed by atoms with van der Waals surface area (Å²) < 4.78 is 15.0. The third-order valence-corrected chi connectivity index (χ3v) is 2.23. The van der Waals surface area contributed by atoms with Crippen LogP contribution in [0.5, 0.6) is 11.5 Å². The molecule has 1 rings (SSSR count). The number of hydrogen-bond donors (Lipinski definition) is 0. The van der Waals surface area contributed by atoms with Crippen LogP contribution in [0.2, 0.25) is 0 Å². The molecule has 0 saturated heterocycles. The molecule has 0 N–H and O–H groups in total. The number of para-hydroxylation sites is 1. The van der Waals surface area contributed by atoms with Gasteiger partial charge in [0.05, 0.1) is 20.8 Å². The first-order valence-corrected chi connectivity index (χ1v) is 5.55. The largest absolute Gasteiger partial charge is 0.493 e. The van der Waals surface area contributed by atoms with E-state index in [-0.39, 0.29) is 12.2 Å². The van der Waals surface area contributed by atoms with E-state index in [2.05, 4.69) is 0 Å². The summed E-state index contributed by atoms with van der Waals surface area (Å²) in [6.45, 7) is 1.88. The molecular formula is C13H17O6. The molecule has 0 bridgehead atoms. The van der Waals surface area contributed by atoms with Crippen LogP contribution in [0.25, 0.3) is 0 Å². The van der Waals surface area contributed by atoms with Crippen LogP contribution >= 0.6 is 0 Å². The van der Waals surface area contributed by atoms with Crippen molar-refractivity contribution < 1.29 is 28.8 Å². The van der Waals surface area contributed by atoms with Crippen LogP contribution in [0.3, 0.4) is 0 Å². The van der Waals surface area contributed by atoms with E-state index in [1.165, 1.54) is 21.3 Å². The van der Waals surface area contributed by atoms with Crippen molar-refractivity contribution in [2.45, 2.75) is 6.92 Å². The number of carbonyl (C=O) groups is 1. The zero-order valence-electron chi connectivity index (χ0n) is 11.4. The summed E-state index contributed by atoms with van der Waals surface area (Å²) in [7, 11) is 4.44. The summed E-state index contributed by atoms with van der Waals surface area (Å²) >= 11 is 0. The van der Waals surface area contributed by atoms with Crippen LogP contribution in [0.15, 0.2) is 18.2 Å². The number of benzene rings is 1. The maximum atomic E-state index is 11.9. The zero-order valence-corrected chi connectivity index (χ0v) is 11.4. The van der Waals surface area contributed by atoms with E-state index in [0.29, 0.717) is 17.6 Å². The molecule has 105 valence electrons. The third-order valence-electron chi connectivity index (χ3n) is 2.23. The highest BCUT2D eigenvalue weighted by Gasteiger charge is 2.19. The molecule has 6 heteroatoms. The number of methoxy groups -OCH3 is 3. The fourth-order valence-corrected chi connectivity index (χ4v) is 1.43. The van der Waals surface area contributed by atoms with Gasteiger partial charge in [0.25, 0.3) is 0 Å². The topological polar surface area (TPSA) is 63.2 Å². The minimum Gasteiger partial charge on any atom is -0.493 e. The predicted molar refractivity (Wildman–Crippen MR) is 66.8 cm³/mol. The highest BCUT2D eigenvalue weighted by molar-refractivity contribution is 5.93. The normalized spacial score (nSPS) is 10.4. The van der Waals surface area contributed by atoms with Gasteiger partial charge in [0.2, 0.25) is 0 Å². The van der Waals surface area contributed by atoms with Crippen LogP contribution in [-0.2, 0) is 14.5 Å². The molecule has 0 fully saturated rings. The molecule has 0 aliphatic heterocycles. The summed E-state index contributed by atoms with van der Waals surface area (Å²) in [5.41, 5.74) is 0.215. The van der Waals surface area contributed by atoms with E-state index in [9.17, 15) is 4.79 Å². The minimum atomic E-state index is -0.675. The maximum absolute atomic E-state index is 11.9. The van der Waals surface area contributed by atoms with Crippen LogP contribution in [0.4, 0.5) is 0 Å². The van der Waals surface area contributed by atoms with Crippen LogP contribution in [-0.4, -0.2) is 33.9 Å². The van der Waals surface area contributed by atoms with Crippen molar-refractivity contribution in [3.63, 3.8) is 0 Å². The summed E-state index contributed by atoms with van der Waals surface area (Å²) in [6.07, 6.45) is 0.428. The lowest BCUT2D eigenvalue weighted by Gasteiger charge is -2.12. The van der Waals surface area contributed by atoms with Gasteiger partial charge in [-0.25, -0.2) is 4.79 Å². The van der Waals surface area contributed by atoms with E-state index in [1.54, 1.807) is 25.1 Å². The Hall–Kier alpha value is -1.79. The first kappa shape index (κ1) is 15.3. The standard InChI is InChI=1S/C13H17O6/c1-9(8-15-2)18-19-13(14)10-6-5-7-11(16-3)12(10)17-4/h5-7H,8H2,1-4H3. The number of carbonyl (C=O) groups excluding carboxylic acids is 1. The van der Waals surface area contributed by atoms with Gasteiger partial charge in [-0.3, -0.25) is 4.89 Å². The second kappa shape index (κ2) is 7.60. The minimum absolute atomic E-state index is 0.215. The first-order valence-electron chi connectivity index (χ1n) is 5.55. The maximum Gasteiger partial charge on any atom is 0.376 e. The third kappa shape index (κ3) is 4.11. The lowest BCUT2D eigenvalue weighted by Crippen LogP contribution is -2.13. The van der Waals surface area contributed by atoms with E-state index in [1.807, 2.05) is 0 Å². The van der Waals surface area contributed by atoms with Crippen LogP contribution in [0.1, 0.15) is 17.3 Å². The van der Waals surface area contributed by atoms with E-state index < -0.39 is 5.97 Å². The Kier molecular flexibility index (Phi) is 6.11. The number of ether oxygens (including phenoxy) is 3. The molecule has 0 aromatic heterocycles. The van der Waals surface area contributed by atoms with E-state index >= 15 is 0 Å². The summed E-state index contributed by atoms with van der Waals surface area (Å²) in [5, 5.41) is 0. The fraction of sp³-hybridized carbons (Fsp3) is 0.385. The smallest absolute Gasteiger partial charge is 0.376 e. The summed E-state index contributed by atoms with van der Waals surface area (Å²) in [6, 6.07) is 4.89. The molecule has 0 spiro atoms. The van der Waals surface area contributed by atoms with Gasteiger partial charge < -0.3 is 14.2 Å². The van der Waals surface area contributed by atoms with Gasteiger partial charge in [-0.05, 0) is 19.1 Å². The van der Waals surface area contributed by atoms with Crippen molar-refractivity contribution in [1.82, 2.24) is 0 Å². The van der Waals surface area contributed by atoms with Gasteiger partial charge in [-0.15, -0.1) is 0 Å². The Bertz CT molecular complexity index is 418. The van der Waals surface area contributed by atoms with Crippen LogP contribution in [0, 0.1) is 6.10 Å². The second-order valence-corrected chi connectivity index (χ2v) is 3.63. The molecule has 0 saturated carbocycles. The molecule has 0 atom stereocenters. The first-order chi connectivity index (χ1) is 9.13. The fourth-order valence-electron chi connectivity index (χ4n) is 1.43. The molecule has 0 heterocycles. The number of hydrogen-bond acceptors (Lipinski definition) is 6. The predicted octanol–water partition coefficient (Wildman–Crippen LogP) is 1.99. The van der Waals surface area contributed by atoms with Crippen molar-refractivity contribution >= 4 is 5.97 Å². The molecule has 19 heavy (non-hydrogen) atoms. The van der Waals surface area contributed by atoms with Crippen LogP contribution < -0.4 is 9.47 Å². The van der Waals surface area contributed by atoms with Gasteiger partial charge in [0.15, 0.2) is 17.6 Å². The SMILES string of the molecule is COC[C](C)OOC(=O)c1cccc(OC)c1OC. The van der Waals surface area contributed by atoms with Gasteiger partial charge in [-0.1, -0.05) is 6.07 Å². The summed E-state index contributed by atoms with van der Waals surface area (Å²) in [4.78, 5) is 21.4. The van der Waals surface area contributed by atoms with Crippen molar-refractivity contribution in [3.05, 3.63) is 29.9 Å². The van der Waals surface area contributed by atoms with Crippen molar-refractivity contribution in [1.29, 1.82) is 0 Å². The summed E-state index contributed by atoms with van der Waals surface area (Å²) in [5.74, 6) is 0.0590. The van der Waals surface area contributed by atoms with Crippen molar-refractivity contribution in [2.75, 3.05) is 27.9 Å². The second-order valence-electron chi connectivity index (χ2n) is 3.63. The number of rotatable bonds is 7. The Morgan fingerprint density at radius 3 is 2.42 bits per heavy atom. The highest BCUT2D eigenvalue weighted by Crippen LogP contribution is 2.31. The molecular weight excluding hydrogens is 252 g/mol. The van der Waals surface area contributed by atoms with Gasteiger partial charge in [0, 0.05) is 7.11 Å². The van der Waals surface area contributed by atoms with Crippen molar-refractivity contribution in [2.24, 2.45) is 0 Å². The molecule has 0 aliphatic rings. The monoisotopic (exact) mass is 269 g/mol. The lowest BCUT2D eigenvalue weighted by molar-refractivity contribution is -0.237. The van der Waals surface area contributed by atoms with Gasteiger partial charge in [0.1, 0.15) is 5.56 Å². The van der Waals surface area contributed by atoms with E-state index in [0.717, 1.165) is 0 Å². The Morgan fingerprint density at radius 1 is 1.11 bits per heavy atom. The van der Waals surface area contributed by atoms with E-state index in [4.69, 9.17) is 24.0 Å². The average Bonchev–Trinajstić information content (AvgIpc) is 2.44. The molecule has 1 radical (unpaired) electrons. The molecule has 0 aliphatic carbocycles. The Balaban J connectivity index is 2.76. The molecule has 0 amide bonds. The van der Waals surface area contributed by atoms with Crippen molar-refractivity contribution in [3.8, 4) is 11.5 Å². The lowest BCUT2D eigenvalue weighted by atomic mass is 10.2. The highest BCUT2D eigenvalue weighted by atomic mass is 17.2. The quantitative estimate of drug-likeness (QED) is 0.557. The Morgan fingerprint density at radius 2 is 1.84 bits per heavy atom. The van der Waals surface area contributed by atoms with Gasteiger partial charge in [-0.2, -0.15) is 4.89 Å². The molecule has 0 unspecified atom stereocenters. The molecule has 6 nitrogen and oxygen atoms in total. The molecule has 1 aromatic carbocycles. The Labute approximate surface area is 112 Å². The zero-order chi connectivity index (χ0) is 14.3. The average molecular weight is 269 g/mol. The molecule has 1 aromatic rings.